The first-order valence-corrected chi connectivity index (χ1v) is 8.36. The monoisotopic (exact) mass is 348 g/mol. The lowest BCUT2D eigenvalue weighted by atomic mass is 9.80. The smallest absolute Gasteiger partial charge is 0.373 e. The van der Waals surface area contributed by atoms with Crippen LogP contribution in [0.15, 0.2) is 24.4 Å². The summed E-state index contributed by atoms with van der Waals surface area (Å²) >= 11 is 0. The van der Waals surface area contributed by atoms with E-state index in [1.54, 1.807) is 6.07 Å². The summed E-state index contributed by atoms with van der Waals surface area (Å²) in [6, 6.07) is 5.52. The summed E-state index contributed by atoms with van der Waals surface area (Å²) in [4.78, 5) is 9.44. The molecule has 0 saturated heterocycles. The Morgan fingerprint density at radius 3 is 2.60 bits per heavy atom. The first kappa shape index (κ1) is 16.2. The van der Waals surface area contributed by atoms with Crippen molar-refractivity contribution in [1.82, 2.24) is 9.97 Å². The molecule has 2 heterocycles. The van der Waals surface area contributed by atoms with E-state index in [1.165, 1.54) is 6.20 Å². The van der Waals surface area contributed by atoms with Gasteiger partial charge in [0.25, 0.3) is 0 Å². The fourth-order valence-corrected chi connectivity index (χ4v) is 4.39. The van der Waals surface area contributed by atoms with Gasteiger partial charge >= 0.3 is 6.18 Å². The van der Waals surface area contributed by atoms with Gasteiger partial charge in [0.05, 0.1) is 0 Å². The number of rotatable bonds is 1. The van der Waals surface area contributed by atoms with E-state index in [0.717, 1.165) is 43.5 Å². The molecule has 0 radical (unpaired) electrons. The molecule has 7 heteroatoms. The van der Waals surface area contributed by atoms with E-state index in [1.807, 2.05) is 19.2 Å². The van der Waals surface area contributed by atoms with E-state index >= 15 is 0 Å². The summed E-state index contributed by atoms with van der Waals surface area (Å²) < 4.78 is 40.2. The van der Waals surface area contributed by atoms with E-state index < -0.39 is 11.9 Å². The number of hydrogen-bond acceptors (Lipinski definition) is 4. The van der Waals surface area contributed by atoms with Crippen LogP contribution in [-0.4, -0.2) is 23.6 Å². The van der Waals surface area contributed by atoms with Gasteiger partial charge in [0.1, 0.15) is 0 Å². The molecule has 0 amide bonds. The van der Waals surface area contributed by atoms with Gasteiger partial charge in [-0.15, -0.1) is 0 Å². The van der Waals surface area contributed by atoms with Crippen molar-refractivity contribution in [2.24, 2.45) is 0 Å². The quantitative estimate of drug-likeness (QED) is 0.846. The molecule has 1 fully saturated rings. The Bertz CT molecular complexity index is 826. The van der Waals surface area contributed by atoms with Crippen molar-refractivity contribution < 1.29 is 13.2 Å². The summed E-state index contributed by atoms with van der Waals surface area (Å²) in [5, 5.41) is 0. The van der Waals surface area contributed by atoms with Gasteiger partial charge in [-0.05, 0) is 36.1 Å². The number of halogens is 3. The van der Waals surface area contributed by atoms with Gasteiger partial charge in [-0.3, -0.25) is 0 Å². The topological polar surface area (TPSA) is 55.0 Å². The molecular weight excluding hydrogens is 329 g/mol. The van der Waals surface area contributed by atoms with Crippen LogP contribution in [0.1, 0.15) is 36.9 Å². The lowest BCUT2D eigenvalue weighted by Crippen LogP contribution is -2.28. The molecule has 132 valence electrons. The normalized spacial score (nSPS) is 18.8. The Morgan fingerprint density at radius 2 is 1.92 bits per heavy atom. The molecule has 4 nitrogen and oxygen atoms in total. The molecule has 2 aromatic rings. The van der Waals surface area contributed by atoms with E-state index in [4.69, 9.17) is 5.73 Å². The zero-order valence-electron chi connectivity index (χ0n) is 13.9. The number of nitrogen functional groups attached to an aromatic ring is 1. The third-order valence-corrected chi connectivity index (χ3v) is 5.47. The average molecular weight is 348 g/mol. The predicted octanol–water partition coefficient (Wildman–Crippen LogP) is 4.01. The van der Waals surface area contributed by atoms with Crippen molar-refractivity contribution in [3.63, 3.8) is 0 Å². The molecule has 1 saturated carbocycles. The molecule has 4 rings (SSSR count). The van der Waals surface area contributed by atoms with Crippen LogP contribution in [0.25, 0.3) is 11.1 Å². The van der Waals surface area contributed by atoms with Gasteiger partial charge in [-0.25, -0.2) is 9.97 Å². The van der Waals surface area contributed by atoms with Crippen LogP contribution in [-0.2, 0) is 11.6 Å². The maximum absolute atomic E-state index is 13.4. The largest absolute Gasteiger partial charge is 0.434 e. The second-order valence-corrected chi connectivity index (χ2v) is 7.06. The summed E-state index contributed by atoms with van der Waals surface area (Å²) in [6.07, 6.45) is 1.09. The molecule has 0 bridgehead atoms. The molecule has 1 aromatic carbocycles. The summed E-state index contributed by atoms with van der Waals surface area (Å²) in [7, 11) is 2.04. The van der Waals surface area contributed by atoms with Crippen LogP contribution in [0.5, 0.6) is 0 Å². The molecular formula is C18H19F3N4. The van der Waals surface area contributed by atoms with Crippen LogP contribution in [0.2, 0.25) is 0 Å². The van der Waals surface area contributed by atoms with Crippen LogP contribution in [0.4, 0.5) is 24.8 Å². The first-order valence-electron chi connectivity index (χ1n) is 8.36. The molecule has 0 atom stereocenters. The van der Waals surface area contributed by atoms with Crippen molar-refractivity contribution in [2.45, 2.75) is 37.3 Å². The highest BCUT2D eigenvalue weighted by Gasteiger charge is 2.44. The van der Waals surface area contributed by atoms with Gasteiger partial charge in [0, 0.05) is 36.5 Å². The predicted molar refractivity (Wildman–Crippen MR) is 90.3 cm³/mol. The SMILES string of the molecule is CN1CC2(CCCC2)c2cc(-c3cnc(N)nc3C(F)(F)F)ccc21. The van der Waals surface area contributed by atoms with Gasteiger partial charge in [-0.2, -0.15) is 13.2 Å². The summed E-state index contributed by atoms with van der Waals surface area (Å²) in [5.74, 6) is -0.371. The van der Waals surface area contributed by atoms with Gasteiger partial charge in [0.2, 0.25) is 5.95 Å². The summed E-state index contributed by atoms with van der Waals surface area (Å²) in [5.41, 5.74) is 7.19. The Kier molecular flexibility index (Phi) is 3.46. The lowest BCUT2D eigenvalue weighted by Gasteiger charge is -2.24. The van der Waals surface area contributed by atoms with E-state index in [9.17, 15) is 13.2 Å². The Morgan fingerprint density at radius 1 is 1.20 bits per heavy atom. The summed E-state index contributed by atoms with van der Waals surface area (Å²) in [6.45, 7) is 0.927. The fraction of sp³-hybridized carbons (Fsp3) is 0.444. The van der Waals surface area contributed by atoms with E-state index in [0.29, 0.717) is 5.56 Å². The number of aromatic nitrogens is 2. The highest BCUT2D eigenvalue weighted by Crippen LogP contribution is 2.51. The number of nitrogens with zero attached hydrogens (tertiary/aromatic N) is 3. The maximum Gasteiger partial charge on any atom is 0.434 e. The molecule has 25 heavy (non-hydrogen) atoms. The van der Waals surface area contributed by atoms with Crippen LogP contribution >= 0.6 is 0 Å². The Labute approximate surface area is 143 Å². The average Bonchev–Trinajstić information content (AvgIpc) is 3.13. The zero-order chi connectivity index (χ0) is 17.8. The van der Waals surface area contributed by atoms with Crippen molar-refractivity contribution in [3.8, 4) is 11.1 Å². The molecule has 1 aliphatic heterocycles. The van der Waals surface area contributed by atoms with Crippen molar-refractivity contribution >= 4 is 11.6 Å². The van der Waals surface area contributed by atoms with E-state index in [2.05, 4.69) is 14.9 Å². The number of hydrogen-bond donors (Lipinski definition) is 1. The van der Waals surface area contributed by atoms with E-state index in [-0.39, 0.29) is 16.9 Å². The molecule has 1 aliphatic carbocycles. The number of anilines is 2. The molecule has 0 unspecified atom stereocenters. The number of nitrogens with two attached hydrogens (primary N) is 1. The number of likely N-dealkylation sites (N-methyl/N-ethyl adjacent to an activating group) is 1. The fourth-order valence-electron chi connectivity index (χ4n) is 4.39. The van der Waals surface area contributed by atoms with Gasteiger partial charge < -0.3 is 10.6 Å². The first-order chi connectivity index (χ1) is 11.8. The van der Waals surface area contributed by atoms with Crippen molar-refractivity contribution in [1.29, 1.82) is 0 Å². The number of alkyl halides is 3. The minimum atomic E-state index is -4.58. The van der Waals surface area contributed by atoms with Crippen molar-refractivity contribution in [2.75, 3.05) is 24.2 Å². The molecule has 1 aromatic heterocycles. The number of fused-ring (bicyclic) bond motifs is 2. The third-order valence-electron chi connectivity index (χ3n) is 5.47. The standard InChI is InChI=1S/C18H19F3N4/c1-25-10-17(6-2-3-7-17)13-8-11(4-5-14(13)25)12-9-23-16(22)24-15(12)18(19,20)21/h4-5,8-9H,2-3,6-7,10H2,1H3,(H2,22,23,24). The van der Waals surface area contributed by atoms with Gasteiger partial charge in [-0.1, -0.05) is 18.9 Å². The second-order valence-electron chi connectivity index (χ2n) is 7.06. The molecule has 2 aliphatic rings. The molecule has 1 spiro atoms. The minimum absolute atomic E-state index is 0.0211. The Balaban J connectivity index is 1.87. The van der Waals surface area contributed by atoms with Gasteiger partial charge in [0.15, 0.2) is 5.69 Å². The number of benzene rings is 1. The highest BCUT2D eigenvalue weighted by atomic mass is 19.4. The van der Waals surface area contributed by atoms with Crippen LogP contribution < -0.4 is 10.6 Å². The van der Waals surface area contributed by atoms with Crippen molar-refractivity contribution in [3.05, 3.63) is 35.7 Å². The zero-order valence-corrected chi connectivity index (χ0v) is 13.9. The highest BCUT2D eigenvalue weighted by molar-refractivity contribution is 5.74. The maximum atomic E-state index is 13.4. The van der Waals surface area contributed by atoms with Crippen LogP contribution in [0.3, 0.4) is 0 Å². The molecule has 2 N–H and O–H groups in total. The third kappa shape index (κ3) is 2.53. The van der Waals surface area contributed by atoms with Crippen LogP contribution in [0, 0.1) is 0 Å². The lowest BCUT2D eigenvalue weighted by molar-refractivity contribution is -0.140. The minimum Gasteiger partial charge on any atom is -0.373 e. The second kappa shape index (κ2) is 5.34. The Hall–Kier alpha value is -2.31.